The van der Waals surface area contributed by atoms with Gasteiger partial charge in [-0.05, 0) is 73.0 Å². The van der Waals surface area contributed by atoms with E-state index in [9.17, 15) is 0 Å². The fourth-order valence-corrected chi connectivity index (χ4v) is 5.61. The first kappa shape index (κ1) is 11.8. The Morgan fingerprint density at radius 1 is 1.21 bits per heavy atom. The van der Waals surface area contributed by atoms with Gasteiger partial charge in [0.2, 0.25) is 0 Å². The van der Waals surface area contributed by atoms with Crippen LogP contribution in [0.5, 0.6) is 0 Å². The SMILES string of the molecule is C[C@@]12CCC[C@H]1[C@@H]1CC=C3C=C(N)C=C[C@@H]3[C@H]1CC2. The Bertz CT molecular complexity index is 484. The molecule has 5 atom stereocenters. The van der Waals surface area contributed by atoms with Gasteiger partial charge in [-0.3, -0.25) is 0 Å². The van der Waals surface area contributed by atoms with Crippen LogP contribution in [0.15, 0.2) is 35.6 Å². The van der Waals surface area contributed by atoms with Crippen LogP contribution in [0.2, 0.25) is 0 Å². The quantitative estimate of drug-likeness (QED) is 0.690. The molecule has 0 aliphatic heterocycles. The van der Waals surface area contributed by atoms with Crippen LogP contribution in [0.4, 0.5) is 0 Å². The van der Waals surface area contributed by atoms with E-state index in [4.69, 9.17) is 5.73 Å². The smallest absolute Gasteiger partial charge is 0.0313 e. The van der Waals surface area contributed by atoms with E-state index < -0.39 is 0 Å². The van der Waals surface area contributed by atoms with Gasteiger partial charge in [0.25, 0.3) is 0 Å². The van der Waals surface area contributed by atoms with E-state index in [0.29, 0.717) is 11.3 Å². The van der Waals surface area contributed by atoms with Crippen molar-refractivity contribution in [1.82, 2.24) is 0 Å². The van der Waals surface area contributed by atoms with Crippen molar-refractivity contribution in [3.63, 3.8) is 0 Å². The molecule has 0 spiro atoms. The Hall–Kier alpha value is -0.980. The molecule has 2 N–H and O–H groups in total. The lowest BCUT2D eigenvalue weighted by Gasteiger charge is -2.50. The van der Waals surface area contributed by atoms with Gasteiger partial charge in [0.05, 0.1) is 0 Å². The highest BCUT2D eigenvalue weighted by Crippen LogP contribution is 2.60. The molecule has 1 nitrogen and oxygen atoms in total. The standard InChI is InChI=1S/C18H25N/c1-18-9-2-3-17(18)16-6-4-12-11-13(19)5-7-14(12)15(16)8-10-18/h4-5,7,11,14-17H,2-3,6,8-10,19H2,1H3/t14-,15+,16+,17-,18-/m0/s1. The predicted octanol–water partition coefficient (Wildman–Crippen LogP) is 4.18. The van der Waals surface area contributed by atoms with Crippen molar-refractivity contribution in [3.05, 3.63) is 35.6 Å². The normalized spacial score (nSPS) is 47.8. The number of nitrogens with two attached hydrogens (primary N) is 1. The van der Waals surface area contributed by atoms with E-state index >= 15 is 0 Å². The van der Waals surface area contributed by atoms with Crippen LogP contribution in [0, 0.1) is 29.1 Å². The average molecular weight is 255 g/mol. The number of hydrogen-bond acceptors (Lipinski definition) is 1. The monoisotopic (exact) mass is 255 g/mol. The first-order chi connectivity index (χ1) is 9.17. The third-order valence-corrected chi connectivity index (χ3v) is 6.57. The van der Waals surface area contributed by atoms with Gasteiger partial charge in [-0.15, -0.1) is 0 Å². The van der Waals surface area contributed by atoms with E-state index in [2.05, 4.69) is 31.2 Å². The van der Waals surface area contributed by atoms with Crippen molar-refractivity contribution < 1.29 is 0 Å². The first-order valence-electron chi connectivity index (χ1n) is 8.03. The second-order valence-corrected chi connectivity index (χ2v) is 7.49. The van der Waals surface area contributed by atoms with Gasteiger partial charge in [-0.25, -0.2) is 0 Å². The van der Waals surface area contributed by atoms with Gasteiger partial charge in [-0.2, -0.15) is 0 Å². The Morgan fingerprint density at radius 2 is 2.11 bits per heavy atom. The molecule has 2 fully saturated rings. The van der Waals surface area contributed by atoms with E-state index in [-0.39, 0.29) is 0 Å². The number of fused-ring (bicyclic) bond motifs is 5. The third-order valence-electron chi connectivity index (χ3n) is 6.57. The lowest BCUT2D eigenvalue weighted by molar-refractivity contribution is 0.0246. The zero-order valence-corrected chi connectivity index (χ0v) is 11.9. The molecule has 4 aliphatic carbocycles. The summed E-state index contributed by atoms with van der Waals surface area (Å²) in [5.74, 6) is 3.47. The second-order valence-electron chi connectivity index (χ2n) is 7.49. The van der Waals surface area contributed by atoms with Crippen LogP contribution >= 0.6 is 0 Å². The average Bonchev–Trinajstić information content (AvgIpc) is 2.79. The van der Waals surface area contributed by atoms with Crippen LogP contribution in [-0.4, -0.2) is 0 Å². The molecule has 0 aromatic rings. The summed E-state index contributed by atoms with van der Waals surface area (Å²) < 4.78 is 0. The molecule has 4 rings (SSSR count). The van der Waals surface area contributed by atoms with Gasteiger partial charge in [0.1, 0.15) is 0 Å². The summed E-state index contributed by atoms with van der Waals surface area (Å²) in [5, 5.41) is 0. The molecule has 2 saturated carbocycles. The Labute approximate surface area is 116 Å². The summed E-state index contributed by atoms with van der Waals surface area (Å²) in [6.07, 6.45) is 17.8. The Morgan fingerprint density at radius 3 is 3.00 bits per heavy atom. The van der Waals surface area contributed by atoms with Crippen LogP contribution in [0.1, 0.15) is 45.4 Å². The highest BCUT2D eigenvalue weighted by Gasteiger charge is 2.51. The Kier molecular flexibility index (Phi) is 2.49. The number of hydrogen-bond donors (Lipinski definition) is 1. The number of allylic oxidation sites excluding steroid dienone is 5. The predicted molar refractivity (Wildman–Crippen MR) is 79.3 cm³/mol. The van der Waals surface area contributed by atoms with Gasteiger partial charge >= 0.3 is 0 Å². The molecule has 102 valence electrons. The molecule has 0 unspecified atom stereocenters. The minimum Gasteiger partial charge on any atom is -0.399 e. The molecule has 0 aromatic carbocycles. The maximum absolute atomic E-state index is 5.95. The molecule has 0 aromatic heterocycles. The maximum Gasteiger partial charge on any atom is 0.0313 e. The van der Waals surface area contributed by atoms with Gasteiger partial charge in [0.15, 0.2) is 0 Å². The minimum atomic E-state index is 0.663. The lowest BCUT2D eigenvalue weighted by atomic mass is 9.54. The van der Waals surface area contributed by atoms with E-state index in [0.717, 1.165) is 23.5 Å². The largest absolute Gasteiger partial charge is 0.399 e. The van der Waals surface area contributed by atoms with Crippen molar-refractivity contribution in [2.45, 2.75) is 45.4 Å². The van der Waals surface area contributed by atoms with Gasteiger partial charge in [-0.1, -0.05) is 25.5 Å². The van der Waals surface area contributed by atoms with Crippen LogP contribution in [0.25, 0.3) is 0 Å². The summed E-state index contributed by atoms with van der Waals surface area (Å²) in [4.78, 5) is 0. The molecule has 0 heterocycles. The topological polar surface area (TPSA) is 26.0 Å². The summed E-state index contributed by atoms with van der Waals surface area (Å²) in [6.45, 7) is 2.56. The highest BCUT2D eigenvalue weighted by molar-refractivity contribution is 5.40. The molecule has 0 amide bonds. The van der Waals surface area contributed by atoms with Crippen molar-refractivity contribution in [1.29, 1.82) is 0 Å². The summed E-state index contributed by atoms with van der Waals surface area (Å²) in [7, 11) is 0. The first-order valence-corrected chi connectivity index (χ1v) is 8.03. The van der Waals surface area contributed by atoms with Crippen molar-refractivity contribution >= 4 is 0 Å². The second kappa shape index (κ2) is 4.01. The molecule has 0 saturated heterocycles. The van der Waals surface area contributed by atoms with E-state index in [1.165, 1.54) is 44.1 Å². The molecular formula is C18H25N. The molecule has 0 radical (unpaired) electrons. The lowest BCUT2D eigenvalue weighted by Crippen LogP contribution is -2.42. The minimum absolute atomic E-state index is 0.663. The maximum atomic E-state index is 5.95. The zero-order chi connectivity index (χ0) is 13.0. The summed E-state index contributed by atoms with van der Waals surface area (Å²) in [6, 6.07) is 0. The van der Waals surface area contributed by atoms with Gasteiger partial charge in [0, 0.05) is 11.6 Å². The number of rotatable bonds is 0. The van der Waals surface area contributed by atoms with Crippen LogP contribution < -0.4 is 5.73 Å². The fraction of sp³-hybridized carbons (Fsp3) is 0.667. The fourth-order valence-electron chi connectivity index (χ4n) is 5.61. The van der Waals surface area contributed by atoms with Crippen molar-refractivity contribution in [2.24, 2.45) is 34.8 Å². The van der Waals surface area contributed by atoms with Crippen LogP contribution in [-0.2, 0) is 0 Å². The van der Waals surface area contributed by atoms with Crippen LogP contribution in [0.3, 0.4) is 0 Å². The Balaban J connectivity index is 1.68. The van der Waals surface area contributed by atoms with E-state index in [1.807, 2.05) is 0 Å². The summed E-state index contributed by atoms with van der Waals surface area (Å²) >= 11 is 0. The van der Waals surface area contributed by atoms with Crippen molar-refractivity contribution in [3.8, 4) is 0 Å². The van der Waals surface area contributed by atoms with E-state index in [1.54, 1.807) is 0 Å². The third kappa shape index (κ3) is 1.67. The summed E-state index contributed by atoms with van der Waals surface area (Å²) in [5.41, 5.74) is 9.05. The molecule has 0 bridgehead atoms. The zero-order valence-electron chi connectivity index (χ0n) is 11.9. The molecule has 4 aliphatic rings. The molecular weight excluding hydrogens is 230 g/mol. The van der Waals surface area contributed by atoms with Gasteiger partial charge < -0.3 is 5.73 Å². The highest BCUT2D eigenvalue weighted by atomic mass is 14.6. The molecule has 19 heavy (non-hydrogen) atoms. The molecule has 1 heteroatoms. The van der Waals surface area contributed by atoms with Crippen molar-refractivity contribution in [2.75, 3.05) is 0 Å².